The van der Waals surface area contributed by atoms with E-state index in [9.17, 15) is 4.79 Å². The fourth-order valence-corrected chi connectivity index (χ4v) is 1.11. The fourth-order valence-electron chi connectivity index (χ4n) is 1.11. The molecular weight excluding hydrogens is 206 g/mol. The predicted molar refractivity (Wildman–Crippen MR) is 62.3 cm³/mol. The lowest BCUT2D eigenvalue weighted by molar-refractivity contribution is -0.121. The third-order valence-corrected chi connectivity index (χ3v) is 2.12. The summed E-state index contributed by atoms with van der Waals surface area (Å²) in [4.78, 5) is 15.3. The normalized spacial score (nSPS) is 10.9. The first kappa shape index (κ1) is 12.3. The molecule has 5 heteroatoms. The third-order valence-electron chi connectivity index (χ3n) is 2.12. The lowest BCUT2D eigenvalue weighted by Gasteiger charge is -2.24. The molecule has 1 aromatic rings. The third kappa shape index (κ3) is 2.85. The highest BCUT2D eigenvalue weighted by atomic mass is 16.5. The zero-order valence-electron chi connectivity index (χ0n) is 9.78. The first-order valence-electron chi connectivity index (χ1n) is 5.13. The Labute approximate surface area is 95.0 Å². The Kier molecular flexibility index (Phi) is 3.71. The van der Waals surface area contributed by atoms with Gasteiger partial charge in [-0.15, -0.1) is 0 Å². The summed E-state index contributed by atoms with van der Waals surface area (Å²) < 4.78 is 5.39. The average molecular weight is 223 g/mol. The van der Waals surface area contributed by atoms with Gasteiger partial charge in [-0.3, -0.25) is 4.79 Å². The monoisotopic (exact) mass is 223 g/mol. The standard InChI is InChI=1S/C11H17N3O2/c1-4-16-8-6-5-7-13-9(8)14-11(2,3)10(12)15/h5-7H,4H2,1-3H3,(H2,12,15)(H,13,14). The van der Waals surface area contributed by atoms with E-state index >= 15 is 0 Å². The Balaban J connectivity index is 2.92. The smallest absolute Gasteiger partial charge is 0.242 e. The minimum Gasteiger partial charge on any atom is -0.490 e. The van der Waals surface area contributed by atoms with Gasteiger partial charge in [-0.25, -0.2) is 4.98 Å². The molecule has 88 valence electrons. The predicted octanol–water partition coefficient (Wildman–Crippen LogP) is 1.16. The molecule has 0 radical (unpaired) electrons. The van der Waals surface area contributed by atoms with Crippen molar-refractivity contribution in [3.63, 3.8) is 0 Å². The van der Waals surface area contributed by atoms with E-state index < -0.39 is 11.4 Å². The number of pyridine rings is 1. The van der Waals surface area contributed by atoms with Crippen molar-refractivity contribution in [2.75, 3.05) is 11.9 Å². The van der Waals surface area contributed by atoms with Crippen molar-refractivity contribution in [2.24, 2.45) is 5.73 Å². The highest BCUT2D eigenvalue weighted by Crippen LogP contribution is 2.23. The number of carbonyl (C=O) groups is 1. The van der Waals surface area contributed by atoms with Crippen molar-refractivity contribution in [1.82, 2.24) is 4.98 Å². The summed E-state index contributed by atoms with van der Waals surface area (Å²) in [7, 11) is 0. The van der Waals surface area contributed by atoms with E-state index in [2.05, 4.69) is 10.3 Å². The van der Waals surface area contributed by atoms with Crippen LogP contribution in [-0.2, 0) is 4.79 Å². The Morgan fingerprint density at radius 2 is 2.31 bits per heavy atom. The van der Waals surface area contributed by atoms with E-state index in [-0.39, 0.29) is 0 Å². The number of hydrogen-bond donors (Lipinski definition) is 2. The maximum absolute atomic E-state index is 11.2. The number of anilines is 1. The van der Waals surface area contributed by atoms with Crippen LogP contribution in [0.2, 0.25) is 0 Å². The van der Waals surface area contributed by atoms with Gasteiger partial charge in [0, 0.05) is 6.20 Å². The van der Waals surface area contributed by atoms with Crippen LogP contribution in [0.15, 0.2) is 18.3 Å². The topological polar surface area (TPSA) is 77.2 Å². The molecule has 0 aliphatic heterocycles. The largest absolute Gasteiger partial charge is 0.490 e. The molecule has 0 aliphatic carbocycles. The average Bonchev–Trinajstić information content (AvgIpc) is 2.20. The van der Waals surface area contributed by atoms with Gasteiger partial charge in [0.1, 0.15) is 5.54 Å². The van der Waals surface area contributed by atoms with Crippen LogP contribution in [0, 0.1) is 0 Å². The first-order chi connectivity index (χ1) is 7.47. The van der Waals surface area contributed by atoms with Gasteiger partial charge >= 0.3 is 0 Å². The Bertz CT molecular complexity index is 377. The SMILES string of the molecule is CCOc1cccnc1NC(C)(C)C(N)=O. The number of hydrogen-bond acceptors (Lipinski definition) is 4. The van der Waals surface area contributed by atoms with Gasteiger partial charge in [-0.05, 0) is 32.9 Å². The molecule has 0 saturated heterocycles. The summed E-state index contributed by atoms with van der Waals surface area (Å²) in [5, 5.41) is 2.96. The molecule has 0 aliphatic rings. The van der Waals surface area contributed by atoms with E-state index in [4.69, 9.17) is 10.5 Å². The Morgan fingerprint density at radius 3 is 2.88 bits per heavy atom. The van der Waals surface area contributed by atoms with E-state index in [0.717, 1.165) is 0 Å². The second-order valence-electron chi connectivity index (χ2n) is 3.90. The zero-order chi connectivity index (χ0) is 12.2. The number of rotatable bonds is 5. The second-order valence-corrected chi connectivity index (χ2v) is 3.90. The van der Waals surface area contributed by atoms with Crippen LogP contribution in [0.25, 0.3) is 0 Å². The summed E-state index contributed by atoms with van der Waals surface area (Å²) in [6.07, 6.45) is 1.63. The minimum atomic E-state index is -0.861. The van der Waals surface area contributed by atoms with Gasteiger partial charge in [-0.2, -0.15) is 0 Å². The van der Waals surface area contributed by atoms with Gasteiger partial charge < -0.3 is 15.8 Å². The van der Waals surface area contributed by atoms with Crippen LogP contribution >= 0.6 is 0 Å². The molecule has 5 nitrogen and oxygen atoms in total. The molecule has 1 rings (SSSR count). The number of carbonyl (C=O) groups excluding carboxylic acids is 1. The minimum absolute atomic E-state index is 0.444. The molecule has 0 saturated carbocycles. The number of nitrogens with one attached hydrogen (secondary N) is 1. The highest BCUT2D eigenvalue weighted by molar-refractivity contribution is 5.87. The number of ether oxygens (including phenoxy) is 1. The Hall–Kier alpha value is -1.78. The lowest BCUT2D eigenvalue weighted by atomic mass is 10.1. The molecule has 0 unspecified atom stereocenters. The van der Waals surface area contributed by atoms with Crippen LogP contribution in [0.5, 0.6) is 5.75 Å². The van der Waals surface area contributed by atoms with Crippen LogP contribution in [0.4, 0.5) is 5.82 Å². The molecule has 3 N–H and O–H groups in total. The van der Waals surface area contributed by atoms with E-state index in [1.54, 1.807) is 32.2 Å². The zero-order valence-corrected chi connectivity index (χ0v) is 9.78. The van der Waals surface area contributed by atoms with Crippen LogP contribution in [0.1, 0.15) is 20.8 Å². The molecule has 0 aromatic carbocycles. The molecule has 16 heavy (non-hydrogen) atoms. The van der Waals surface area contributed by atoms with E-state index in [1.165, 1.54) is 0 Å². The van der Waals surface area contributed by atoms with Gasteiger partial charge in [0.15, 0.2) is 11.6 Å². The van der Waals surface area contributed by atoms with Crippen molar-refractivity contribution in [2.45, 2.75) is 26.3 Å². The van der Waals surface area contributed by atoms with Crippen LogP contribution in [-0.4, -0.2) is 23.0 Å². The van der Waals surface area contributed by atoms with Gasteiger partial charge in [0.25, 0.3) is 0 Å². The number of nitrogens with zero attached hydrogens (tertiary/aromatic N) is 1. The summed E-state index contributed by atoms with van der Waals surface area (Å²) in [6.45, 7) is 5.81. The maximum atomic E-state index is 11.2. The van der Waals surface area contributed by atoms with Gasteiger partial charge in [0.2, 0.25) is 5.91 Å². The number of amides is 1. The van der Waals surface area contributed by atoms with Crippen molar-refractivity contribution in [1.29, 1.82) is 0 Å². The van der Waals surface area contributed by atoms with E-state index in [1.807, 2.05) is 6.92 Å². The highest BCUT2D eigenvalue weighted by Gasteiger charge is 2.26. The molecule has 1 aromatic heterocycles. The van der Waals surface area contributed by atoms with Crippen molar-refractivity contribution < 1.29 is 9.53 Å². The first-order valence-corrected chi connectivity index (χ1v) is 5.13. The van der Waals surface area contributed by atoms with Gasteiger partial charge in [-0.1, -0.05) is 0 Å². The summed E-state index contributed by atoms with van der Waals surface area (Å²) in [6, 6.07) is 3.56. The van der Waals surface area contributed by atoms with E-state index in [0.29, 0.717) is 18.2 Å². The Morgan fingerprint density at radius 1 is 1.62 bits per heavy atom. The summed E-state index contributed by atoms with van der Waals surface area (Å²) in [5.74, 6) is 0.688. The molecule has 0 fully saturated rings. The summed E-state index contributed by atoms with van der Waals surface area (Å²) >= 11 is 0. The van der Waals surface area contributed by atoms with Crippen molar-refractivity contribution in [3.05, 3.63) is 18.3 Å². The fraction of sp³-hybridized carbons (Fsp3) is 0.455. The van der Waals surface area contributed by atoms with Crippen LogP contribution in [0.3, 0.4) is 0 Å². The number of nitrogens with two attached hydrogens (primary N) is 1. The summed E-state index contributed by atoms with van der Waals surface area (Å²) in [5.41, 5.74) is 4.41. The number of aromatic nitrogens is 1. The van der Waals surface area contributed by atoms with Crippen LogP contribution < -0.4 is 15.8 Å². The maximum Gasteiger partial charge on any atom is 0.242 e. The molecule has 0 atom stereocenters. The number of primary amides is 1. The van der Waals surface area contributed by atoms with Gasteiger partial charge in [0.05, 0.1) is 6.61 Å². The van der Waals surface area contributed by atoms with Crippen molar-refractivity contribution in [3.8, 4) is 5.75 Å². The molecule has 0 bridgehead atoms. The molecule has 1 heterocycles. The van der Waals surface area contributed by atoms with Crippen molar-refractivity contribution >= 4 is 11.7 Å². The quantitative estimate of drug-likeness (QED) is 0.785. The molecule has 0 spiro atoms. The molecule has 1 amide bonds. The molecular formula is C11H17N3O2. The second kappa shape index (κ2) is 4.83. The lowest BCUT2D eigenvalue weighted by Crippen LogP contribution is -2.45.